The number of nitrogens with one attached hydrogen (secondary N) is 1. The predicted octanol–water partition coefficient (Wildman–Crippen LogP) is 20.2. The van der Waals surface area contributed by atoms with Crippen molar-refractivity contribution in [3.8, 4) is 0 Å². The first-order valence-corrected chi connectivity index (χ1v) is 34.4. The van der Waals surface area contributed by atoms with Crippen molar-refractivity contribution in [2.75, 3.05) is 40.9 Å². The van der Waals surface area contributed by atoms with Gasteiger partial charge in [-0.1, -0.05) is 289 Å². The van der Waals surface area contributed by atoms with Gasteiger partial charge in [0.05, 0.1) is 39.9 Å². The van der Waals surface area contributed by atoms with Gasteiger partial charge >= 0.3 is 0 Å². The summed E-state index contributed by atoms with van der Waals surface area (Å²) in [7, 11) is 1.22. The van der Waals surface area contributed by atoms with E-state index in [0.717, 1.165) is 116 Å². The fraction of sp³-hybridized carbons (Fsp3) is 0.704. The first kappa shape index (κ1) is 76.9. The Hall–Kier alpha value is -3.10. The summed E-state index contributed by atoms with van der Waals surface area (Å²) in [5.74, 6) is -0.225. The second-order valence-electron chi connectivity index (χ2n) is 23.1. The van der Waals surface area contributed by atoms with Gasteiger partial charge in [-0.2, -0.15) is 0 Å². The lowest BCUT2D eigenvalue weighted by Gasteiger charge is -2.29. The molecule has 8 nitrogen and oxygen atoms in total. The van der Waals surface area contributed by atoms with Crippen molar-refractivity contribution in [3.05, 3.63) is 122 Å². The van der Waals surface area contributed by atoms with E-state index in [-0.39, 0.29) is 12.5 Å². The Bertz CT molecular complexity index is 1720. The van der Waals surface area contributed by atoms with E-state index in [1.54, 1.807) is 6.08 Å². The number of unbranched alkanes of at least 4 members (excludes halogenated alkanes) is 28. The van der Waals surface area contributed by atoms with Crippen molar-refractivity contribution < 1.29 is 32.9 Å². The number of amides is 1. The quantitative estimate of drug-likeness (QED) is 0.0272. The van der Waals surface area contributed by atoms with Gasteiger partial charge in [-0.3, -0.25) is 9.36 Å². The molecule has 0 saturated carbocycles. The number of quaternary nitrogens is 1. The molecule has 460 valence electrons. The van der Waals surface area contributed by atoms with Crippen molar-refractivity contribution in [2.45, 2.75) is 283 Å². The monoisotopic (exact) mass is 1130 g/mol. The van der Waals surface area contributed by atoms with Gasteiger partial charge in [0.15, 0.2) is 0 Å². The minimum atomic E-state index is -4.62. The number of aliphatic hydroxyl groups is 1. The highest BCUT2D eigenvalue weighted by Gasteiger charge is 2.23. The molecule has 0 aliphatic heterocycles. The Balaban J connectivity index is 4.25. The van der Waals surface area contributed by atoms with Crippen molar-refractivity contribution in [1.29, 1.82) is 0 Å². The molecule has 0 spiro atoms. The molecule has 3 atom stereocenters. The number of carbonyl (C=O) groups is 1. The zero-order valence-corrected chi connectivity index (χ0v) is 53.4. The van der Waals surface area contributed by atoms with E-state index in [1.807, 2.05) is 27.2 Å². The number of carbonyl (C=O) groups excluding carboxylic acids is 1. The molecule has 0 aliphatic carbocycles. The molecule has 0 bridgehead atoms. The number of rotatable bonds is 59. The van der Waals surface area contributed by atoms with Gasteiger partial charge < -0.3 is 28.8 Å². The maximum Gasteiger partial charge on any atom is 0.268 e. The van der Waals surface area contributed by atoms with Gasteiger partial charge in [0.25, 0.3) is 7.82 Å². The molecular weight excluding hydrogens is 1010 g/mol. The third kappa shape index (κ3) is 62.5. The maximum absolute atomic E-state index is 13.0. The standard InChI is InChI=1S/C71H125N2O6P/c1-6-8-10-12-14-16-18-20-22-24-26-28-30-32-34-35-36-37-39-41-43-45-47-49-51-53-55-57-59-61-63-65-71(75)72-69(68-79-80(76,77)78-67-66-73(3,4)5)70(74)64-62-60-58-56-54-52-50-48-46-44-42-40-38-33-31-29-27-25-23-21-19-17-15-13-11-9-7-2/h8,10,14,16,20,22,26,28,32,34,36-37,41,43,47,49,54,56,62,64,69-70,74H,6-7,9,11-13,15,17-19,21,23-25,27,29-31,33,35,38-40,42,44-46,48,50-53,55,57-61,63,65-68H2,1-5H3,(H-,72,75,76,77)/b10-8-,16-14-,22-20-,28-26-,34-32-,37-36-,43-41-,49-47-,56-54+,64-62+. The molecule has 9 heteroatoms. The Labute approximate surface area is 494 Å². The lowest BCUT2D eigenvalue weighted by Crippen LogP contribution is -2.45. The molecule has 80 heavy (non-hydrogen) atoms. The molecule has 3 unspecified atom stereocenters. The molecular formula is C71H125N2O6P. The number of nitrogens with zero attached hydrogens (tertiary/aromatic N) is 1. The van der Waals surface area contributed by atoms with Crippen LogP contribution in [0.15, 0.2) is 122 Å². The van der Waals surface area contributed by atoms with Gasteiger partial charge in [-0.25, -0.2) is 0 Å². The smallest absolute Gasteiger partial charge is 0.268 e. The summed E-state index contributed by atoms with van der Waals surface area (Å²) in [5.41, 5.74) is 0. The minimum Gasteiger partial charge on any atom is -0.756 e. The van der Waals surface area contributed by atoms with Gasteiger partial charge in [0.2, 0.25) is 5.91 Å². The molecule has 0 aromatic rings. The van der Waals surface area contributed by atoms with Crippen LogP contribution in [0.2, 0.25) is 0 Å². The fourth-order valence-electron chi connectivity index (χ4n) is 9.07. The summed E-state index contributed by atoms with van der Waals surface area (Å²) in [6.45, 7) is 4.51. The van der Waals surface area contributed by atoms with E-state index in [1.165, 1.54) is 135 Å². The van der Waals surface area contributed by atoms with Crippen LogP contribution >= 0.6 is 7.82 Å². The summed E-state index contributed by atoms with van der Waals surface area (Å²) >= 11 is 0. The SMILES string of the molecule is CC/C=C\C/C=C\C/C=C\C/C=C\C/C=C\C/C=C\C/C=C\C/C=C\CCCCCCCCC(=O)NC(COP(=O)([O-])OCC[N+](C)(C)C)C(O)/C=C/CC/C=C/CCCCCCCCCCCCCCCCCCCCCCC. The summed E-state index contributed by atoms with van der Waals surface area (Å²) in [4.78, 5) is 25.6. The third-order valence-electron chi connectivity index (χ3n) is 14.2. The van der Waals surface area contributed by atoms with Crippen LogP contribution in [0.3, 0.4) is 0 Å². The van der Waals surface area contributed by atoms with Gasteiger partial charge in [-0.15, -0.1) is 0 Å². The van der Waals surface area contributed by atoms with Crippen LogP contribution in [-0.4, -0.2) is 68.5 Å². The molecule has 0 rings (SSSR count). The topological polar surface area (TPSA) is 108 Å². The average Bonchev–Trinajstić information content (AvgIpc) is 3.42. The van der Waals surface area contributed by atoms with Crippen molar-refractivity contribution in [3.63, 3.8) is 0 Å². The molecule has 0 aromatic carbocycles. The number of allylic oxidation sites excluding steroid dienone is 19. The van der Waals surface area contributed by atoms with Crippen LogP contribution in [0.25, 0.3) is 0 Å². The number of hydrogen-bond acceptors (Lipinski definition) is 6. The van der Waals surface area contributed by atoms with E-state index in [0.29, 0.717) is 17.4 Å². The molecule has 0 fully saturated rings. The summed E-state index contributed by atoms with van der Waals surface area (Å²) < 4.78 is 23.4. The number of phosphoric acid groups is 1. The van der Waals surface area contributed by atoms with Crippen LogP contribution in [0.1, 0.15) is 271 Å². The molecule has 0 aliphatic rings. The highest BCUT2D eigenvalue weighted by atomic mass is 31.2. The Kier molecular flexibility index (Phi) is 58.1. The van der Waals surface area contributed by atoms with E-state index < -0.39 is 26.6 Å². The van der Waals surface area contributed by atoms with Crippen LogP contribution < -0.4 is 10.2 Å². The zero-order valence-electron chi connectivity index (χ0n) is 52.5. The first-order chi connectivity index (χ1) is 39.0. The normalized spacial score (nSPS) is 14.5. The first-order valence-electron chi connectivity index (χ1n) is 32.9. The van der Waals surface area contributed by atoms with Crippen LogP contribution in [0.4, 0.5) is 0 Å². The van der Waals surface area contributed by atoms with E-state index in [4.69, 9.17) is 9.05 Å². The number of hydrogen-bond donors (Lipinski definition) is 2. The third-order valence-corrected chi connectivity index (χ3v) is 15.1. The van der Waals surface area contributed by atoms with E-state index >= 15 is 0 Å². The van der Waals surface area contributed by atoms with Crippen molar-refractivity contribution >= 4 is 13.7 Å². The zero-order chi connectivity index (χ0) is 58.4. The highest BCUT2D eigenvalue weighted by Crippen LogP contribution is 2.38. The second kappa shape index (κ2) is 60.5. The van der Waals surface area contributed by atoms with Gasteiger partial charge in [0.1, 0.15) is 13.2 Å². The number of aliphatic hydroxyl groups excluding tert-OH is 1. The van der Waals surface area contributed by atoms with E-state index in [9.17, 15) is 19.4 Å². The second-order valence-corrected chi connectivity index (χ2v) is 24.5. The Morgan fingerprint density at radius 3 is 1.16 bits per heavy atom. The van der Waals surface area contributed by atoms with Crippen LogP contribution in [0, 0.1) is 0 Å². The fourth-order valence-corrected chi connectivity index (χ4v) is 9.79. The van der Waals surface area contributed by atoms with Gasteiger partial charge in [-0.05, 0) is 96.3 Å². The Morgan fingerprint density at radius 1 is 0.450 bits per heavy atom. The lowest BCUT2D eigenvalue weighted by molar-refractivity contribution is -0.870. The average molecular weight is 1130 g/mol. The Morgan fingerprint density at radius 2 is 0.775 bits per heavy atom. The molecule has 0 aromatic heterocycles. The minimum absolute atomic E-state index is 0.0158. The van der Waals surface area contributed by atoms with Crippen LogP contribution in [0.5, 0.6) is 0 Å². The molecule has 0 saturated heterocycles. The number of phosphoric ester groups is 1. The van der Waals surface area contributed by atoms with Crippen molar-refractivity contribution in [2.24, 2.45) is 0 Å². The van der Waals surface area contributed by atoms with Gasteiger partial charge in [0, 0.05) is 6.42 Å². The maximum atomic E-state index is 13.0. The van der Waals surface area contributed by atoms with Crippen molar-refractivity contribution in [1.82, 2.24) is 5.32 Å². The summed E-state index contributed by atoms with van der Waals surface area (Å²) in [5, 5.41) is 13.9. The summed E-state index contributed by atoms with van der Waals surface area (Å²) in [6, 6.07) is -0.922. The molecule has 1 amide bonds. The molecule has 2 N–H and O–H groups in total. The number of likely N-dealkylation sites (N-methyl/N-ethyl adjacent to an activating group) is 1. The highest BCUT2D eigenvalue weighted by molar-refractivity contribution is 7.45. The van der Waals surface area contributed by atoms with E-state index in [2.05, 4.69) is 129 Å². The predicted molar refractivity (Wildman–Crippen MR) is 348 cm³/mol. The molecule has 0 radical (unpaired) electrons. The molecule has 0 heterocycles. The summed E-state index contributed by atoms with van der Waals surface area (Å²) in [6.07, 6.45) is 90.2. The lowest BCUT2D eigenvalue weighted by atomic mass is 10.0. The van der Waals surface area contributed by atoms with Crippen LogP contribution in [-0.2, 0) is 18.4 Å². The largest absolute Gasteiger partial charge is 0.756 e.